The summed E-state index contributed by atoms with van der Waals surface area (Å²) < 4.78 is 7.31. The smallest absolute Gasteiger partial charge is 0.184 e. The zero-order chi connectivity index (χ0) is 29.3. The fraction of sp³-hybridized carbons (Fsp3) is 0.941. The summed E-state index contributed by atoms with van der Waals surface area (Å²) in [5, 5.41) is 22.3. The summed E-state index contributed by atoms with van der Waals surface area (Å²) in [5.74, 6) is 4.90. The third-order valence-corrected chi connectivity index (χ3v) is 14.9. The highest BCUT2D eigenvalue weighted by molar-refractivity contribution is 7.11. The van der Waals surface area contributed by atoms with Crippen molar-refractivity contribution in [2.75, 3.05) is 0 Å². The predicted molar refractivity (Wildman–Crippen MR) is 170 cm³/mol. The number of aliphatic hydroxyl groups excluding tert-OH is 1. The molecule has 0 bridgehead atoms. The van der Waals surface area contributed by atoms with E-state index in [0.717, 1.165) is 37.0 Å². The van der Waals surface area contributed by atoms with Gasteiger partial charge in [0.2, 0.25) is 0 Å². The first kappa shape index (κ1) is 31.1. The first-order chi connectivity index (χ1) is 18.6. The van der Waals surface area contributed by atoms with Gasteiger partial charge >= 0.3 is 0 Å². The van der Waals surface area contributed by atoms with Gasteiger partial charge in [0, 0.05) is 11.8 Å². The lowest BCUT2D eigenvalue weighted by Gasteiger charge is -2.66. The Balaban J connectivity index is 1.40. The van der Waals surface area contributed by atoms with Crippen molar-refractivity contribution in [1.29, 1.82) is 0 Å². The van der Waals surface area contributed by atoms with Gasteiger partial charge < -0.3 is 9.53 Å². The highest BCUT2D eigenvalue weighted by atomic mass is 32.1. The third kappa shape index (κ3) is 5.54. The number of aromatic nitrogens is 2. The average Bonchev–Trinajstić information content (AvgIpc) is 3.47. The van der Waals surface area contributed by atoms with Gasteiger partial charge in [-0.05, 0) is 123 Å². The summed E-state index contributed by atoms with van der Waals surface area (Å²) in [7, 11) is -1.72. The van der Waals surface area contributed by atoms with Crippen LogP contribution < -0.4 is 0 Å². The van der Waals surface area contributed by atoms with E-state index in [1.54, 1.807) is 0 Å². The van der Waals surface area contributed by atoms with Crippen LogP contribution in [0.15, 0.2) is 0 Å². The highest BCUT2D eigenvalue weighted by Crippen LogP contribution is 2.70. The molecule has 1 heterocycles. The van der Waals surface area contributed by atoms with Crippen molar-refractivity contribution in [2.45, 2.75) is 150 Å². The number of fused-ring (bicyclic) bond motifs is 5. The van der Waals surface area contributed by atoms with Crippen LogP contribution in [0.4, 0.5) is 0 Å². The van der Waals surface area contributed by atoms with E-state index in [2.05, 4.69) is 78.3 Å². The summed E-state index contributed by atoms with van der Waals surface area (Å²) in [5.41, 5.74) is 0.857. The van der Waals surface area contributed by atoms with E-state index in [1.807, 2.05) is 11.3 Å². The average molecular weight is 589 g/mol. The Morgan fingerprint density at radius 2 is 1.68 bits per heavy atom. The summed E-state index contributed by atoms with van der Waals surface area (Å²) in [6.45, 7) is 24.2. The molecule has 1 aromatic rings. The summed E-state index contributed by atoms with van der Waals surface area (Å²) in [6.07, 6.45) is 12.4. The molecular formula is C34H60N2O2SSi. The summed E-state index contributed by atoms with van der Waals surface area (Å²) in [6, 6.07) is 0. The number of hydrogen-bond acceptors (Lipinski definition) is 5. The van der Waals surface area contributed by atoms with Gasteiger partial charge in [0.25, 0.3) is 0 Å². The second-order valence-electron chi connectivity index (χ2n) is 17.1. The van der Waals surface area contributed by atoms with Crippen molar-refractivity contribution in [3.63, 3.8) is 0 Å². The molecule has 4 aliphatic carbocycles. The molecule has 4 nitrogen and oxygen atoms in total. The maximum absolute atomic E-state index is 10.8. The molecule has 5 rings (SSSR count). The van der Waals surface area contributed by atoms with Crippen LogP contribution in [0.3, 0.4) is 0 Å². The Bertz CT molecular complexity index is 1030. The largest absolute Gasteiger partial charge is 0.414 e. The van der Waals surface area contributed by atoms with Crippen molar-refractivity contribution < 1.29 is 9.53 Å². The van der Waals surface area contributed by atoms with E-state index in [1.165, 1.54) is 55.0 Å². The van der Waals surface area contributed by atoms with E-state index >= 15 is 0 Å². The van der Waals surface area contributed by atoms with Crippen molar-refractivity contribution in [2.24, 2.45) is 52.3 Å². The zero-order valence-electron chi connectivity index (χ0n) is 27.4. The Morgan fingerprint density at radius 1 is 1.00 bits per heavy atom. The van der Waals surface area contributed by atoms with Crippen molar-refractivity contribution in [3.8, 4) is 0 Å². The lowest BCUT2D eigenvalue weighted by Crippen LogP contribution is -2.63. The van der Waals surface area contributed by atoms with Crippen LogP contribution in [0.2, 0.25) is 19.6 Å². The van der Waals surface area contributed by atoms with Gasteiger partial charge in [-0.25, -0.2) is 0 Å². The lowest BCUT2D eigenvalue weighted by molar-refractivity contribution is -0.198. The van der Waals surface area contributed by atoms with Gasteiger partial charge in [-0.3, -0.25) is 0 Å². The minimum Gasteiger partial charge on any atom is -0.414 e. The molecular weight excluding hydrogens is 529 g/mol. The Morgan fingerprint density at radius 3 is 2.30 bits per heavy atom. The SMILES string of the molecule is CC[C@@H]1C2C[C@H](O)CCC2(C)[C@H]2CCC3(C)C([C@H](C)CCc4nnc(C(C)(C)C)s4)CC[C@H]3C2[C@@H]1O[Si](C)(C)C. The zero-order valence-corrected chi connectivity index (χ0v) is 29.2. The standard InChI is InChI=1S/C34H60N2O2SSi/c1-11-23-27-20-22(37)16-18-34(27,7)26-17-19-33(6)24(13-14-25(33)29(26)30(23)38-40(8,9)10)21(2)12-15-28-35-36-31(39-28)32(3,4)5/h21-27,29-30,37H,11-20H2,1-10H3/t21-,22-,23-,24?,25+,26+,27?,29?,30-,33?,34?/m1/s1. The van der Waals surface area contributed by atoms with Gasteiger partial charge in [0.15, 0.2) is 8.32 Å². The number of aryl methyl sites for hydroxylation is 1. The number of hydrogen-bond donors (Lipinski definition) is 1. The minimum atomic E-state index is -1.72. The third-order valence-electron chi connectivity index (χ3n) is 12.5. The molecule has 1 N–H and O–H groups in total. The van der Waals surface area contributed by atoms with Crippen LogP contribution in [0, 0.1) is 52.3 Å². The van der Waals surface area contributed by atoms with Crippen LogP contribution in [-0.4, -0.2) is 35.8 Å². The topological polar surface area (TPSA) is 55.2 Å². The molecule has 0 aliphatic heterocycles. The number of aliphatic hydroxyl groups is 1. The van der Waals surface area contributed by atoms with E-state index in [4.69, 9.17) is 4.43 Å². The molecule has 1 aromatic heterocycles. The highest BCUT2D eigenvalue weighted by Gasteiger charge is 2.65. The van der Waals surface area contributed by atoms with Gasteiger partial charge in [0.05, 0.1) is 12.2 Å². The van der Waals surface area contributed by atoms with Gasteiger partial charge in [-0.1, -0.05) is 54.9 Å². The monoisotopic (exact) mass is 588 g/mol. The Hall–Kier alpha value is -0.303. The van der Waals surface area contributed by atoms with Crippen LogP contribution in [0.25, 0.3) is 0 Å². The number of nitrogens with zero attached hydrogens (tertiary/aromatic N) is 2. The molecule has 11 atom stereocenters. The molecule has 4 aliphatic rings. The van der Waals surface area contributed by atoms with E-state index in [0.29, 0.717) is 40.6 Å². The Kier molecular flexibility index (Phi) is 8.56. The van der Waals surface area contributed by atoms with Crippen molar-refractivity contribution in [3.05, 3.63) is 10.0 Å². The first-order valence-electron chi connectivity index (χ1n) is 16.8. The normalized spacial score (nSPS) is 42.7. The Labute approximate surface area is 251 Å². The fourth-order valence-electron chi connectivity index (χ4n) is 10.7. The molecule has 4 fully saturated rings. The maximum atomic E-state index is 10.8. The molecule has 0 saturated heterocycles. The molecule has 40 heavy (non-hydrogen) atoms. The minimum absolute atomic E-state index is 0.0866. The predicted octanol–water partition coefficient (Wildman–Crippen LogP) is 8.89. The number of rotatable bonds is 7. The van der Waals surface area contributed by atoms with Crippen molar-refractivity contribution in [1.82, 2.24) is 10.2 Å². The molecule has 0 aromatic carbocycles. The second-order valence-corrected chi connectivity index (χ2v) is 22.6. The van der Waals surface area contributed by atoms with Crippen LogP contribution in [0.1, 0.15) is 116 Å². The van der Waals surface area contributed by atoms with Crippen LogP contribution in [-0.2, 0) is 16.3 Å². The molecule has 0 spiro atoms. The lowest BCUT2D eigenvalue weighted by atomic mass is 9.41. The fourth-order valence-corrected chi connectivity index (χ4v) is 12.7. The summed E-state index contributed by atoms with van der Waals surface area (Å²) in [4.78, 5) is 0. The first-order valence-corrected chi connectivity index (χ1v) is 21.0. The maximum Gasteiger partial charge on any atom is 0.184 e. The van der Waals surface area contributed by atoms with Crippen LogP contribution in [0.5, 0.6) is 0 Å². The van der Waals surface area contributed by atoms with Crippen LogP contribution >= 0.6 is 11.3 Å². The molecule has 6 heteroatoms. The molecule has 5 unspecified atom stereocenters. The van der Waals surface area contributed by atoms with Gasteiger partial charge in [-0.15, -0.1) is 21.5 Å². The van der Waals surface area contributed by atoms with Gasteiger partial charge in [-0.2, -0.15) is 0 Å². The molecule has 0 amide bonds. The van der Waals surface area contributed by atoms with E-state index in [-0.39, 0.29) is 11.5 Å². The quantitative estimate of drug-likeness (QED) is 0.323. The molecule has 228 valence electrons. The summed E-state index contributed by atoms with van der Waals surface area (Å²) >= 11 is 1.83. The van der Waals surface area contributed by atoms with Crippen molar-refractivity contribution >= 4 is 19.7 Å². The van der Waals surface area contributed by atoms with E-state index < -0.39 is 8.32 Å². The van der Waals surface area contributed by atoms with E-state index in [9.17, 15) is 5.11 Å². The second kappa shape index (κ2) is 11.0. The molecule has 4 saturated carbocycles. The van der Waals surface area contributed by atoms with Gasteiger partial charge in [0.1, 0.15) is 10.0 Å². The molecule has 0 radical (unpaired) electrons.